The summed E-state index contributed by atoms with van der Waals surface area (Å²) >= 11 is 0. The minimum Gasteiger partial charge on any atom is -0.497 e. The molecule has 1 atom stereocenters. The molecule has 0 radical (unpaired) electrons. The predicted molar refractivity (Wildman–Crippen MR) is 110 cm³/mol. The van der Waals surface area contributed by atoms with Crippen LogP contribution in [-0.2, 0) is 23.8 Å². The normalized spacial score (nSPS) is 11.0. The van der Waals surface area contributed by atoms with Crippen molar-refractivity contribution in [3.8, 4) is 28.4 Å². The molecule has 10 nitrogen and oxygen atoms in total. The third-order valence-electron chi connectivity index (χ3n) is 4.35. The summed E-state index contributed by atoms with van der Waals surface area (Å²) in [5.41, 5.74) is 0.702. The maximum absolute atomic E-state index is 12.5. The molecule has 0 aliphatic rings. The van der Waals surface area contributed by atoms with Gasteiger partial charge in [0.05, 0.1) is 28.4 Å². The zero-order chi connectivity index (χ0) is 23.8. The van der Waals surface area contributed by atoms with Crippen molar-refractivity contribution in [1.82, 2.24) is 0 Å². The first kappa shape index (κ1) is 24.2. The molecule has 0 N–H and O–H groups in total. The molecule has 0 heterocycles. The molecule has 10 heteroatoms. The topological polar surface area (TPSA) is 124 Å². The van der Waals surface area contributed by atoms with E-state index < -0.39 is 30.0 Å². The summed E-state index contributed by atoms with van der Waals surface area (Å²) in [6, 6.07) is 9.12. The molecule has 1 unspecified atom stereocenters. The first-order valence-electron chi connectivity index (χ1n) is 9.17. The fraction of sp³-hybridized carbons (Fsp3) is 0.273. The Balaban J connectivity index is 2.90. The van der Waals surface area contributed by atoms with Gasteiger partial charge in [-0.15, -0.1) is 0 Å². The Bertz CT molecular complexity index is 1030. The van der Waals surface area contributed by atoms with Crippen LogP contribution in [0, 0.1) is 0 Å². The summed E-state index contributed by atoms with van der Waals surface area (Å²) in [5.74, 6) is -2.66. The highest BCUT2D eigenvalue weighted by Gasteiger charge is 2.32. The van der Waals surface area contributed by atoms with E-state index >= 15 is 0 Å². The molecule has 0 aromatic heterocycles. The monoisotopic (exact) mass is 446 g/mol. The number of rotatable bonds is 7. The molecule has 170 valence electrons. The number of methoxy groups -OCH3 is 4. The van der Waals surface area contributed by atoms with Crippen molar-refractivity contribution in [2.24, 2.45) is 0 Å². The van der Waals surface area contributed by atoms with E-state index in [2.05, 4.69) is 9.47 Å². The Morgan fingerprint density at radius 3 is 2.00 bits per heavy atom. The maximum atomic E-state index is 12.5. The Morgan fingerprint density at radius 2 is 1.44 bits per heavy atom. The largest absolute Gasteiger partial charge is 0.513 e. The van der Waals surface area contributed by atoms with Gasteiger partial charge in [0, 0.05) is 11.6 Å². The molecular weight excluding hydrogens is 424 g/mol. The highest BCUT2D eigenvalue weighted by molar-refractivity contribution is 6.05. The van der Waals surface area contributed by atoms with E-state index in [9.17, 15) is 19.2 Å². The minimum absolute atomic E-state index is 0.0675. The summed E-state index contributed by atoms with van der Waals surface area (Å²) < 4.78 is 29.4. The van der Waals surface area contributed by atoms with Crippen molar-refractivity contribution < 1.29 is 47.6 Å². The summed E-state index contributed by atoms with van der Waals surface area (Å²) in [5, 5.41) is 0. The van der Waals surface area contributed by atoms with Crippen molar-refractivity contribution in [2.45, 2.75) is 12.8 Å². The number of hydrogen-bond acceptors (Lipinski definition) is 10. The van der Waals surface area contributed by atoms with E-state index in [1.807, 2.05) is 0 Å². The van der Waals surface area contributed by atoms with Crippen LogP contribution < -0.4 is 14.2 Å². The van der Waals surface area contributed by atoms with Gasteiger partial charge < -0.3 is 28.4 Å². The molecule has 2 aromatic carbocycles. The number of carbonyl (C=O) groups is 4. The third kappa shape index (κ3) is 5.54. The molecule has 2 rings (SSSR count). The third-order valence-corrected chi connectivity index (χ3v) is 4.35. The second-order valence-corrected chi connectivity index (χ2v) is 6.30. The van der Waals surface area contributed by atoms with Gasteiger partial charge in [0.1, 0.15) is 28.9 Å². The van der Waals surface area contributed by atoms with Gasteiger partial charge in [-0.05, 0) is 36.2 Å². The summed E-state index contributed by atoms with van der Waals surface area (Å²) in [7, 11) is 4.80. The molecule has 0 saturated heterocycles. The van der Waals surface area contributed by atoms with Crippen LogP contribution in [0.5, 0.6) is 17.2 Å². The molecule has 0 amide bonds. The van der Waals surface area contributed by atoms with Crippen LogP contribution >= 0.6 is 0 Å². The van der Waals surface area contributed by atoms with Crippen LogP contribution in [0.3, 0.4) is 0 Å². The van der Waals surface area contributed by atoms with Crippen LogP contribution in [-0.4, -0.2) is 52.5 Å². The fourth-order valence-electron chi connectivity index (χ4n) is 2.96. The quantitative estimate of drug-likeness (QED) is 0.270. The van der Waals surface area contributed by atoms with Gasteiger partial charge >= 0.3 is 18.3 Å². The van der Waals surface area contributed by atoms with E-state index in [4.69, 9.17) is 18.9 Å². The van der Waals surface area contributed by atoms with E-state index in [0.717, 1.165) is 21.3 Å². The van der Waals surface area contributed by atoms with Gasteiger partial charge in [-0.2, -0.15) is 0 Å². The van der Waals surface area contributed by atoms with Gasteiger partial charge in [0.15, 0.2) is 0 Å². The summed E-state index contributed by atoms with van der Waals surface area (Å²) in [6.07, 6.45) is -2.14. The van der Waals surface area contributed by atoms with Crippen molar-refractivity contribution in [3.05, 3.63) is 42.0 Å². The zero-order valence-electron chi connectivity index (χ0n) is 18.1. The van der Waals surface area contributed by atoms with Crippen LogP contribution in [0.15, 0.2) is 36.4 Å². The zero-order valence-corrected chi connectivity index (χ0v) is 18.1. The highest BCUT2D eigenvalue weighted by atomic mass is 16.7. The number of carbonyl (C=O) groups excluding carboxylic acids is 4. The highest BCUT2D eigenvalue weighted by Crippen LogP contribution is 2.42. The number of ketones is 1. The van der Waals surface area contributed by atoms with Crippen LogP contribution in [0.1, 0.15) is 18.4 Å². The molecule has 0 aliphatic carbocycles. The Hall–Kier alpha value is -4.08. The maximum Gasteiger partial charge on any atom is 0.513 e. The average molecular weight is 446 g/mol. The van der Waals surface area contributed by atoms with Gasteiger partial charge in [-0.3, -0.25) is 9.59 Å². The number of Topliss-reactive ketones (excluding diaryl/α,β-unsaturated/α-hetero) is 1. The lowest BCUT2D eigenvalue weighted by Crippen LogP contribution is -2.22. The lowest BCUT2D eigenvalue weighted by molar-refractivity contribution is -0.145. The van der Waals surface area contributed by atoms with Gasteiger partial charge in [0.25, 0.3) is 0 Å². The number of benzene rings is 2. The Labute approximate surface area is 183 Å². The molecule has 0 bridgehead atoms. The Morgan fingerprint density at radius 1 is 0.781 bits per heavy atom. The number of hydrogen-bond donors (Lipinski definition) is 0. The van der Waals surface area contributed by atoms with Crippen molar-refractivity contribution in [3.63, 3.8) is 0 Å². The lowest BCUT2D eigenvalue weighted by Gasteiger charge is -2.21. The van der Waals surface area contributed by atoms with Crippen LogP contribution in [0.2, 0.25) is 0 Å². The molecular formula is C22H22O10. The van der Waals surface area contributed by atoms with E-state index in [0.29, 0.717) is 11.3 Å². The van der Waals surface area contributed by atoms with E-state index in [1.165, 1.54) is 26.2 Å². The SMILES string of the molecule is COC(=O)Oc1cc(OC(=O)OC)c(-c2cccc(OC)c2)c(C(C(C)=O)C(=O)OC)c1. The Kier molecular flexibility index (Phi) is 8.17. The van der Waals surface area contributed by atoms with Gasteiger partial charge in [0.2, 0.25) is 0 Å². The molecule has 0 fully saturated rings. The smallest absolute Gasteiger partial charge is 0.497 e. The van der Waals surface area contributed by atoms with Crippen LogP contribution in [0.4, 0.5) is 9.59 Å². The summed E-state index contributed by atoms with van der Waals surface area (Å²) in [4.78, 5) is 48.5. The van der Waals surface area contributed by atoms with Crippen molar-refractivity contribution in [1.29, 1.82) is 0 Å². The lowest BCUT2D eigenvalue weighted by atomic mass is 9.87. The molecule has 32 heavy (non-hydrogen) atoms. The first-order valence-corrected chi connectivity index (χ1v) is 9.17. The standard InChI is InChI=1S/C22H22O10/c1-12(23)18(20(24)28-3)16-10-15(31-21(25)29-4)11-17(32-22(26)30-5)19(16)13-7-6-8-14(9-13)27-2/h6-11,18H,1-5H3. The second-order valence-electron chi connectivity index (χ2n) is 6.30. The fourth-order valence-corrected chi connectivity index (χ4v) is 2.96. The first-order chi connectivity index (χ1) is 15.2. The van der Waals surface area contributed by atoms with Gasteiger partial charge in [-0.1, -0.05) is 12.1 Å². The predicted octanol–water partition coefficient (Wildman–Crippen LogP) is 3.50. The van der Waals surface area contributed by atoms with Gasteiger partial charge in [-0.25, -0.2) is 9.59 Å². The van der Waals surface area contributed by atoms with E-state index in [-0.39, 0.29) is 22.6 Å². The molecule has 0 aliphatic heterocycles. The molecule has 0 saturated carbocycles. The molecule has 0 spiro atoms. The van der Waals surface area contributed by atoms with Crippen molar-refractivity contribution in [2.75, 3.05) is 28.4 Å². The average Bonchev–Trinajstić information content (AvgIpc) is 2.78. The number of ether oxygens (including phenoxy) is 6. The van der Waals surface area contributed by atoms with Crippen LogP contribution in [0.25, 0.3) is 11.1 Å². The minimum atomic E-state index is -1.41. The van der Waals surface area contributed by atoms with Crippen molar-refractivity contribution >= 4 is 24.1 Å². The summed E-state index contributed by atoms with van der Waals surface area (Å²) in [6.45, 7) is 1.20. The number of esters is 1. The second kappa shape index (κ2) is 10.8. The van der Waals surface area contributed by atoms with E-state index in [1.54, 1.807) is 24.3 Å². The molecule has 2 aromatic rings.